The molecule has 2 aliphatic rings. The van der Waals surface area contributed by atoms with Crippen LogP contribution in [-0.4, -0.2) is 33.3 Å². The molecule has 3 aromatic rings. The van der Waals surface area contributed by atoms with Crippen LogP contribution in [0.15, 0.2) is 53.8 Å². The number of hydrogen-bond donors (Lipinski definition) is 0. The maximum absolute atomic E-state index is 11.9. The third kappa shape index (κ3) is 3.65. The van der Waals surface area contributed by atoms with Gasteiger partial charge in [-0.2, -0.15) is 0 Å². The second kappa shape index (κ2) is 8.27. The van der Waals surface area contributed by atoms with Crippen molar-refractivity contribution in [3.05, 3.63) is 76.6 Å². The Labute approximate surface area is 186 Å². The molecule has 1 saturated carbocycles. The van der Waals surface area contributed by atoms with E-state index in [-0.39, 0.29) is 18.4 Å². The zero-order valence-corrected chi connectivity index (χ0v) is 18.0. The Balaban J connectivity index is 1.71. The molecule has 3 heterocycles. The summed E-state index contributed by atoms with van der Waals surface area (Å²) < 4.78 is 7.11. The summed E-state index contributed by atoms with van der Waals surface area (Å²) in [5.41, 5.74) is 4.66. The fraction of sp³-hybridized carbons (Fsp3) is 0.333. The average Bonchev–Trinajstić information content (AvgIpc) is 3.11. The van der Waals surface area contributed by atoms with Crippen LogP contribution >= 0.6 is 11.6 Å². The van der Waals surface area contributed by atoms with Gasteiger partial charge in [0.2, 0.25) is 0 Å². The van der Waals surface area contributed by atoms with Gasteiger partial charge >= 0.3 is 5.97 Å². The van der Waals surface area contributed by atoms with E-state index in [1.165, 1.54) is 19.2 Å². The number of carbonyl (C=O) groups excluding carboxylic acids is 1. The molecule has 158 valence electrons. The van der Waals surface area contributed by atoms with Crippen LogP contribution in [0.1, 0.15) is 66.8 Å². The van der Waals surface area contributed by atoms with Crippen LogP contribution in [0.5, 0.6) is 0 Å². The van der Waals surface area contributed by atoms with Crippen molar-refractivity contribution in [2.45, 2.75) is 44.1 Å². The minimum Gasteiger partial charge on any atom is -0.469 e. The predicted molar refractivity (Wildman–Crippen MR) is 119 cm³/mol. The summed E-state index contributed by atoms with van der Waals surface area (Å²) in [6, 6.07) is 11.4. The number of benzene rings is 1. The van der Waals surface area contributed by atoms with Crippen molar-refractivity contribution in [2.75, 3.05) is 7.11 Å². The number of aliphatic imine (C=N–C) groups is 1. The summed E-state index contributed by atoms with van der Waals surface area (Å²) in [7, 11) is 1.41. The van der Waals surface area contributed by atoms with Gasteiger partial charge in [-0.15, -0.1) is 0 Å². The van der Waals surface area contributed by atoms with Gasteiger partial charge in [-0.25, -0.2) is 4.98 Å². The molecule has 0 spiro atoms. The van der Waals surface area contributed by atoms with Crippen molar-refractivity contribution in [3.8, 4) is 5.69 Å². The minimum atomic E-state index is -0.295. The number of fused-ring (bicyclic) bond motifs is 3. The first-order valence-electron chi connectivity index (χ1n) is 10.6. The fourth-order valence-electron chi connectivity index (χ4n) is 4.30. The highest BCUT2D eigenvalue weighted by molar-refractivity contribution is 6.31. The molecule has 1 aliphatic carbocycles. The SMILES string of the molecule is COC(=O)CC[C@@H]1N=C(c2ccccn2)c2cc(Cl)ccc2-n2c(C3CCC3)cnc21. The molecule has 0 unspecified atom stereocenters. The zero-order valence-electron chi connectivity index (χ0n) is 17.3. The summed E-state index contributed by atoms with van der Waals surface area (Å²) in [6.07, 6.45) is 8.07. The lowest BCUT2D eigenvalue weighted by molar-refractivity contribution is -0.140. The Morgan fingerprint density at radius 2 is 2.10 bits per heavy atom. The number of nitrogens with zero attached hydrogens (tertiary/aromatic N) is 4. The van der Waals surface area contributed by atoms with E-state index in [0.29, 0.717) is 17.4 Å². The first-order chi connectivity index (χ1) is 15.2. The van der Waals surface area contributed by atoms with Crippen molar-refractivity contribution >= 4 is 23.3 Å². The number of pyridine rings is 1. The van der Waals surface area contributed by atoms with E-state index in [2.05, 4.69) is 9.55 Å². The van der Waals surface area contributed by atoms with Crippen LogP contribution in [-0.2, 0) is 9.53 Å². The number of esters is 1. The van der Waals surface area contributed by atoms with Gasteiger partial charge < -0.3 is 4.74 Å². The van der Waals surface area contributed by atoms with Gasteiger partial charge in [0.25, 0.3) is 0 Å². The Morgan fingerprint density at radius 1 is 1.23 bits per heavy atom. The molecular weight excluding hydrogens is 412 g/mol. The second-order valence-corrected chi connectivity index (χ2v) is 8.43. The van der Waals surface area contributed by atoms with E-state index in [0.717, 1.165) is 41.3 Å². The molecule has 1 atom stereocenters. The molecule has 0 amide bonds. The molecule has 7 heteroatoms. The van der Waals surface area contributed by atoms with Gasteiger partial charge in [0.05, 0.1) is 24.2 Å². The molecule has 2 aromatic heterocycles. The number of rotatable bonds is 5. The largest absolute Gasteiger partial charge is 0.469 e. The molecule has 1 aromatic carbocycles. The van der Waals surface area contributed by atoms with Crippen LogP contribution in [0, 0.1) is 0 Å². The monoisotopic (exact) mass is 434 g/mol. The fourth-order valence-corrected chi connectivity index (χ4v) is 4.47. The Kier molecular flexibility index (Phi) is 5.32. The normalized spacial score (nSPS) is 17.7. The number of halogens is 1. The maximum Gasteiger partial charge on any atom is 0.305 e. The van der Waals surface area contributed by atoms with Crippen LogP contribution in [0.25, 0.3) is 5.69 Å². The highest BCUT2D eigenvalue weighted by atomic mass is 35.5. The molecule has 6 nitrogen and oxygen atoms in total. The third-order valence-corrected chi connectivity index (χ3v) is 6.37. The van der Waals surface area contributed by atoms with E-state index < -0.39 is 0 Å². The first kappa shape index (κ1) is 19.9. The van der Waals surface area contributed by atoms with E-state index in [1.807, 2.05) is 42.6 Å². The van der Waals surface area contributed by atoms with Crippen molar-refractivity contribution in [1.82, 2.24) is 14.5 Å². The number of ether oxygens (including phenoxy) is 1. The second-order valence-electron chi connectivity index (χ2n) is 7.99. The zero-order chi connectivity index (χ0) is 21.4. The molecule has 0 N–H and O–H groups in total. The minimum absolute atomic E-state index is 0.253. The number of imidazole rings is 1. The van der Waals surface area contributed by atoms with Gasteiger partial charge in [0.1, 0.15) is 11.9 Å². The summed E-state index contributed by atoms with van der Waals surface area (Å²) in [4.78, 5) is 26.4. The van der Waals surface area contributed by atoms with Gasteiger partial charge in [0.15, 0.2) is 0 Å². The summed E-state index contributed by atoms with van der Waals surface area (Å²) in [6.45, 7) is 0. The lowest BCUT2D eigenvalue weighted by Crippen LogP contribution is -2.16. The number of methoxy groups -OCH3 is 1. The number of carbonyl (C=O) groups is 1. The summed E-state index contributed by atoms with van der Waals surface area (Å²) in [5.74, 6) is 1.08. The van der Waals surface area contributed by atoms with E-state index in [4.69, 9.17) is 26.3 Å². The van der Waals surface area contributed by atoms with Gasteiger partial charge in [-0.3, -0.25) is 19.3 Å². The molecule has 1 fully saturated rings. The topological polar surface area (TPSA) is 69.4 Å². The van der Waals surface area contributed by atoms with Crippen LogP contribution in [0.2, 0.25) is 5.02 Å². The third-order valence-electron chi connectivity index (χ3n) is 6.13. The molecule has 0 bridgehead atoms. The Hall–Kier alpha value is -2.99. The molecule has 31 heavy (non-hydrogen) atoms. The van der Waals surface area contributed by atoms with Gasteiger partial charge in [-0.1, -0.05) is 24.1 Å². The van der Waals surface area contributed by atoms with Crippen molar-refractivity contribution in [1.29, 1.82) is 0 Å². The van der Waals surface area contributed by atoms with Crippen LogP contribution < -0.4 is 0 Å². The van der Waals surface area contributed by atoms with Crippen LogP contribution in [0.3, 0.4) is 0 Å². The van der Waals surface area contributed by atoms with Gasteiger partial charge in [0, 0.05) is 41.0 Å². The molecule has 5 rings (SSSR count). The smallest absolute Gasteiger partial charge is 0.305 e. The van der Waals surface area contributed by atoms with E-state index in [1.54, 1.807) is 6.20 Å². The number of aromatic nitrogens is 3. The summed E-state index contributed by atoms with van der Waals surface area (Å²) >= 11 is 6.42. The summed E-state index contributed by atoms with van der Waals surface area (Å²) in [5, 5.41) is 0.641. The maximum atomic E-state index is 11.9. The molecule has 1 aliphatic heterocycles. The van der Waals surface area contributed by atoms with Crippen molar-refractivity contribution < 1.29 is 9.53 Å². The van der Waals surface area contributed by atoms with E-state index >= 15 is 0 Å². The van der Waals surface area contributed by atoms with E-state index in [9.17, 15) is 4.79 Å². The molecular formula is C24H23ClN4O2. The van der Waals surface area contributed by atoms with Gasteiger partial charge in [-0.05, 0) is 49.6 Å². The highest BCUT2D eigenvalue weighted by Gasteiger charge is 2.32. The lowest BCUT2D eigenvalue weighted by atomic mass is 9.83. The van der Waals surface area contributed by atoms with Crippen molar-refractivity contribution in [3.63, 3.8) is 0 Å². The average molecular weight is 435 g/mol. The quantitative estimate of drug-likeness (QED) is 0.528. The van der Waals surface area contributed by atoms with Crippen LogP contribution in [0.4, 0.5) is 0 Å². The predicted octanol–water partition coefficient (Wildman–Crippen LogP) is 5.03. The highest BCUT2D eigenvalue weighted by Crippen LogP contribution is 2.41. The first-order valence-corrected chi connectivity index (χ1v) is 11.0. The Bertz CT molecular complexity index is 1150. The van der Waals surface area contributed by atoms with Crippen molar-refractivity contribution in [2.24, 2.45) is 4.99 Å². The lowest BCUT2D eigenvalue weighted by Gasteiger charge is -2.27. The number of hydrogen-bond acceptors (Lipinski definition) is 5. The molecule has 0 radical (unpaired) electrons. The Morgan fingerprint density at radius 3 is 2.81 bits per heavy atom. The molecule has 0 saturated heterocycles. The standard InChI is InChI=1S/C24H23ClN4O2/c1-31-22(30)11-9-19-24-27-14-21(15-5-4-6-15)29(24)20-10-8-16(25)13-17(20)23(28-19)18-7-2-3-12-26-18/h2-3,7-8,10,12-15,19H,4-6,9,11H2,1H3/t19-/m0/s1.